The maximum atomic E-state index is 5.34. The third kappa shape index (κ3) is 3.84. The maximum Gasteiger partial charge on any atom is 0.0978 e. The third-order valence-electron chi connectivity index (χ3n) is 7.06. The monoisotopic (exact) mass is 484 g/mol. The molecule has 38 heavy (non-hydrogen) atoms. The highest BCUT2D eigenvalue weighted by molar-refractivity contribution is 6.12. The average molecular weight is 485 g/mol. The van der Waals surface area contributed by atoms with Gasteiger partial charge in [0.15, 0.2) is 0 Å². The first kappa shape index (κ1) is 22.1. The Hall–Kier alpha value is -5.08. The first-order chi connectivity index (χ1) is 18.9. The highest BCUT2D eigenvalue weighted by atomic mass is 14.8. The molecular weight excluding hydrogens is 460 g/mol. The smallest absolute Gasteiger partial charge is 0.0978 e. The van der Waals surface area contributed by atoms with Crippen LogP contribution in [-0.2, 0) is 0 Å². The molecule has 0 aliphatic carbocycles. The van der Waals surface area contributed by atoms with Gasteiger partial charge in [0.1, 0.15) is 0 Å². The van der Waals surface area contributed by atoms with Gasteiger partial charge in [-0.05, 0) is 40.5 Å². The fourth-order valence-electron chi connectivity index (χ4n) is 5.34. The Morgan fingerprint density at radius 3 is 1.66 bits per heavy atom. The Morgan fingerprint density at radius 2 is 0.947 bits per heavy atom. The largest absolute Gasteiger partial charge is 0.246 e. The second-order valence-electron chi connectivity index (χ2n) is 9.40. The number of aromatic nitrogens is 2. The van der Waals surface area contributed by atoms with Gasteiger partial charge >= 0.3 is 0 Å². The van der Waals surface area contributed by atoms with Crippen LogP contribution in [-0.4, -0.2) is 9.97 Å². The van der Waals surface area contributed by atoms with E-state index < -0.39 is 0 Å². The van der Waals surface area contributed by atoms with E-state index in [1.54, 1.807) is 0 Å². The van der Waals surface area contributed by atoms with Gasteiger partial charge in [-0.2, -0.15) is 0 Å². The van der Waals surface area contributed by atoms with Gasteiger partial charge < -0.3 is 0 Å². The van der Waals surface area contributed by atoms with Crippen LogP contribution in [0, 0.1) is 0 Å². The zero-order valence-electron chi connectivity index (χ0n) is 20.8. The quantitative estimate of drug-likeness (QED) is 0.249. The lowest BCUT2D eigenvalue weighted by atomic mass is 9.86. The molecule has 5 aromatic carbocycles. The minimum Gasteiger partial charge on any atom is -0.246 e. The van der Waals surface area contributed by atoms with Crippen LogP contribution in [0.5, 0.6) is 0 Å². The first-order valence-electron chi connectivity index (χ1n) is 12.9. The Balaban J connectivity index is 1.66. The lowest BCUT2D eigenvalue weighted by Gasteiger charge is -2.20. The molecule has 2 heterocycles. The molecule has 0 saturated heterocycles. The van der Waals surface area contributed by atoms with Gasteiger partial charge in [0.25, 0.3) is 0 Å². The van der Waals surface area contributed by atoms with Crippen LogP contribution < -0.4 is 0 Å². The molecule has 0 aliphatic heterocycles. The topological polar surface area (TPSA) is 25.8 Å². The molecule has 2 heteroatoms. The van der Waals surface area contributed by atoms with E-state index in [2.05, 4.69) is 133 Å². The fraction of sp³-hybridized carbons (Fsp3) is 0. The Morgan fingerprint density at radius 1 is 0.368 bits per heavy atom. The van der Waals surface area contributed by atoms with E-state index >= 15 is 0 Å². The van der Waals surface area contributed by atoms with Crippen LogP contribution in [0.25, 0.3) is 66.6 Å². The molecule has 0 radical (unpaired) electrons. The van der Waals surface area contributed by atoms with Gasteiger partial charge in [-0.1, -0.05) is 127 Å². The molecule has 0 saturated carbocycles. The molecule has 0 aliphatic rings. The van der Waals surface area contributed by atoms with Gasteiger partial charge in [0.2, 0.25) is 0 Å². The fourth-order valence-corrected chi connectivity index (χ4v) is 5.34. The van der Waals surface area contributed by atoms with E-state index in [9.17, 15) is 0 Å². The number of hydrogen-bond acceptors (Lipinski definition) is 2. The molecule has 0 N–H and O–H groups in total. The molecular formula is C36H24N2. The van der Waals surface area contributed by atoms with Crippen LogP contribution in [0.2, 0.25) is 0 Å². The summed E-state index contributed by atoms with van der Waals surface area (Å²) < 4.78 is 0. The van der Waals surface area contributed by atoms with Crippen molar-refractivity contribution in [2.75, 3.05) is 0 Å². The van der Waals surface area contributed by atoms with E-state index in [4.69, 9.17) is 9.97 Å². The highest BCUT2D eigenvalue weighted by Gasteiger charge is 2.22. The number of nitrogens with zero attached hydrogens (tertiary/aromatic N) is 2. The van der Waals surface area contributed by atoms with Crippen LogP contribution in [0.3, 0.4) is 0 Å². The number of fused-ring (bicyclic) bond motifs is 2. The van der Waals surface area contributed by atoms with Gasteiger partial charge in [0, 0.05) is 21.9 Å². The van der Waals surface area contributed by atoms with E-state index in [-0.39, 0.29) is 0 Å². The second-order valence-corrected chi connectivity index (χ2v) is 9.40. The van der Waals surface area contributed by atoms with Crippen molar-refractivity contribution in [3.63, 3.8) is 0 Å². The van der Waals surface area contributed by atoms with Crippen molar-refractivity contribution in [2.45, 2.75) is 0 Å². The van der Waals surface area contributed by atoms with Gasteiger partial charge in [-0.3, -0.25) is 0 Å². The molecule has 0 spiro atoms. The standard InChI is InChI=1S/C36H24N2/c1-4-13-25(14-5-1)29-20-12-22-31-35(29)33(27-16-6-2-7-17-27)34(28-18-8-3-9-19-28)36(38-31)32-24-23-26-15-10-11-21-30(26)37-32/h1-24H. The minimum atomic E-state index is 0.867. The van der Waals surface area contributed by atoms with E-state index in [0.29, 0.717) is 0 Å². The van der Waals surface area contributed by atoms with E-state index in [1.807, 2.05) is 12.1 Å². The lowest BCUT2D eigenvalue weighted by molar-refractivity contribution is 1.32. The number of hydrogen-bond donors (Lipinski definition) is 0. The first-order valence-corrected chi connectivity index (χ1v) is 12.9. The van der Waals surface area contributed by atoms with E-state index in [0.717, 1.165) is 49.9 Å². The van der Waals surface area contributed by atoms with Crippen molar-refractivity contribution in [1.82, 2.24) is 9.97 Å². The summed E-state index contributed by atoms with van der Waals surface area (Å²) in [6.07, 6.45) is 0. The second kappa shape index (κ2) is 9.42. The predicted molar refractivity (Wildman–Crippen MR) is 159 cm³/mol. The molecule has 178 valence electrons. The molecule has 2 aromatic heterocycles. The Bertz CT molecular complexity index is 1890. The Kier molecular flexibility index (Phi) is 5.49. The lowest BCUT2D eigenvalue weighted by Crippen LogP contribution is -1.99. The maximum absolute atomic E-state index is 5.34. The third-order valence-corrected chi connectivity index (χ3v) is 7.06. The minimum absolute atomic E-state index is 0.867. The summed E-state index contributed by atoms with van der Waals surface area (Å²) in [6.45, 7) is 0. The molecule has 0 unspecified atom stereocenters. The summed E-state index contributed by atoms with van der Waals surface area (Å²) >= 11 is 0. The van der Waals surface area contributed by atoms with Gasteiger partial charge in [0.05, 0.1) is 22.4 Å². The van der Waals surface area contributed by atoms with Gasteiger partial charge in [-0.25, -0.2) is 9.97 Å². The zero-order chi connectivity index (χ0) is 25.3. The molecule has 2 nitrogen and oxygen atoms in total. The Labute approximate surface area is 221 Å². The van der Waals surface area contributed by atoms with Crippen molar-refractivity contribution in [3.8, 4) is 44.8 Å². The molecule has 0 fully saturated rings. The molecule has 0 amide bonds. The van der Waals surface area contributed by atoms with Crippen molar-refractivity contribution in [3.05, 3.63) is 146 Å². The van der Waals surface area contributed by atoms with Crippen LogP contribution >= 0.6 is 0 Å². The molecule has 7 aromatic rings. The molecule has 7 rings (SSSR count). The zero-order valence-corrected chi connectivity index (χ0v) is 20.8. The van der Waals surface area contributed by atoms with Crippen molar-refractivity contribution >= 4 is 21.8 Å². The summed E-state index contributed by atoms with van der Waals surface area (Å²) in [5, 5.41) is 2.27. The highest BCUT2D eigenvalue weighted by Crippen LogP contribution is 2.45. The van der Waals surface area contributed by atoms with Crippen molar-refractivity contribution in [1.29, 1.82) is 0 Å². The van der Waals surface area contributed by atoms with Crippen LogP contribution in [0.1, 0.15) is 0 Å². The summed E-state index contributed by atoms with van der Waals surface area (Å²) in [5.74, 6) is 0. The molecule has 0 atom stereocenters. The van der Waals surface area contributed by atoms with Crippen LogP contribution in [0.15, 0.2) is 146 Å². The number of pyridine rings is 2. The normalized spacial score (nSPS) is 11.2. The summed E-state index contributed by atoms with van der Waals surface area (Å²) in [4.78, 5) is 10.4. The van der Waals surface area contributed by atoms with Crippen LogP contribution in [0.4, 0.5) is 0 Å². The van der Waals surface area contributed by atoms with Gasteiger partial charge in [-0.15, -0.1) is 0 Å². The predicted octanol–water partition coefficient (Wildman–Crippen LogP) is 9.45. The number of rotatable bonds is 4. The average Bonchev–Trinajstić information content (AvgIpc) is 3.01. The van der Waals surface area contributed by atoms with Crippen molar-refractivity contribution in [2.24, 2.45) is 0 Å². The summed E-state index contributed by atoms with van der Waals surface area (Å²) in [7, 11) is 0. The number of benzene rings is 5. The number of para-hydroxylation sites is 1. The SMILES string of the molecule is c1ccc(-c2c(-c3ccc4ccccc4n3)nc3cccc(-c4ccccc4)c3c2-c2ccccc2)cc1. The summed E-state index contributed by atoms with van der Waals surface area (Å²) in [6, 6.07) is 50.7. The molecule has 0 bridgehead atoms. The van der Waals surface area contributed by atoms with E-state index in [1.165, 1.54) is 16.7 Å². The van der Waals surface area contributed by atoms with Crippen molar-refractivity contribution < 1.29 is 0 Å². The summed E-state index contributed by atoms with van der Waals surface area (Å²) in [5.41, 5.74) is 10.6.